The number of aliphatic hydroxyl groups excluding tert-OH is 2. The molecule has 0 aliphatic carbocycles. The monoisotopic (exact) mass is 1110 g/mol. The van der Waals surface area contributed by atoms with Gasteiger partial charge in [0.1, 0.15) is 18.8 Å². The van der Waals surface area contributed by atoms with Crippen LogP contribution in [0.25, 0.3) is 0 Å². The molecule has 0 saturated carbocycles. The Morgan fingerprint density at radius 2 is 0.759 bits per heavy atom. The fourth-order valence-electron chi connectivity index (χ4n) is 9.80. The maximum atomic E-state index is 13.2. The largest absolute Gasteiger partial charge is 0.479 e. The molecule has 0 aromatic rings. The second kappa shape index (κ2) is 55.2. The molecule has 1 aliphatic rings. The molecule has 0 aromatic carbocycles. The van der Waals surface area contributed by atoms with Gasteiger partial charge in [-0.2, -0.15) is 0 Å². The molecular formula is C67H118O12. The molecule has 458 valence electrons. The van der Waals surface area contributed by atoms with E-state index in [0.29, 0.717) is 19.3 Å². The normalized spacial score (nSPS) is 18.1. The second-order valence-electron chi connectivity index (χ2n) is 22.4. The van der Waals surface area contributed by atoms with Crippen LogP contribution in [0.3, 0.4) is 0 Å². The lowest BCUT2D eigenvalue weighted by Gasteiger charge is -2.40. The average Bonchev–Trinajstić information content (AvgIpc) is 3.47. The molecule has 6 unspecified atom stereocenters. The Hall–Kier alpha value is -3.32. The fourth-order valence-corrected chi connectivity index (χ4v) is 9.80. The lowest BCUT2D eigenvalue weighted by Crippen LogP contribution is -2.61. The van der Waals surface area contributed by atoms with Crippen LogP contribution in [-0.4, -0.2) is 89.2 Å². The minimum atomic E-state index is -1.90. The summed E-state index contributed by atoms with van der Waals surface area (Å²) in [6.07, 6.45) is 54.9. The number of carbonyl (C=O) groups excluding carboxylic acids is 3. The first kappa shape index (κ1) is 73.7. The maximum Gasteiger partial charge on any atom is 0.335 e. The third-order valence-corrected chi connectivity index (χ3v) is 14.8. The Morgan fingerprint density at radius 1 is 0.418 bits per heavy atom. The molecule has 3 N–H and O–H groups in total. The first-order valence-electron chi connectivity index (χ1n) is 32.6. The van der Waals surface area contributed by atoms with E-state index in [1.54, 1.807) is 0 Å². The molecule has 1 saturated heterocycles. The summed E-state index contributed by atoms with van der Waals surface area (Å²) in [5.41, 5.74) is 0. The summed E-state index contributed by atoms with van der Waals surface area (Å²) in [7, 11) is 0. The van der Waals surface area contributed by atoms with Crippen molar-refractivity contribution in [1.82, 2.24) is 0 Å². The van der Waals surface area contributed by atoms with Gasteiger partial charge in [-0.25, -0.2) is 4.79 Å². The van der Waals surface area contributed by atoms with Crippen molar-refractivity contribution in [1.29, 1.82) is 0 Å². The van der Waals surface area contributed by atoms with Gasteiger partial charge in [-0.3, -0.25) is 14.4 Å². The van der Waals surface area contributed by atoms with E-state index >= 15 is 0 Å². The molecule has 0 bridgehead atoms. The number of carboxylic acids is 1. The van der Waals surface area contributed by atoms with Gasteiger partial charge in [-0.15, -0.1) is 0 Å². The number of aliphatic hydroxyl groups is 2. The van der Waals surface area contributed by atoms with Gasteiger partial charge in [0, 0.05) is 19.3 Å². The van der Waals surface area contributed by atoms with Crippen molar-refractivity contribution in [3.63, 3.8) is 0 Å². The van der Waals surface area contributed by atoms with Crippen molar-refractivity contribution in [2.45, 2.75) is 340 Å². The van der Waals surface area contributed by atoms with E-state index in [9.17, 15) is 34.5 Å². The van der Waals surface area contributed by atoms with Crippen molar-refractivity contribution >= 4 is 23.9 Å². The number of aliphatic carboxylic acids is 1. The van der Waals surface area contributed by atoms with Crippen LogP contribution in [0.15, 0.2) is 48.6 Å². The molecule has 0 amide bonds. The Morgan fingerprint density at radius 3 is 1.19 bits per heavy atom. The van der Waals surface area contributed by atoms with E-state index in [0.717, 1.165) is 109 Å². The molecule has 0 spiro atoms. The zero-order valence-electron chi connectivity index (χ0n) is 50.6. The molecule has 79 heavy (non-hydrogen) atoms. The molecule has 1 fully saturated rings. The molecule has 12 heteroatoms. The molecule has 6 atom stereocenters. The minimum absolute atomic E-state index is 0.0583. The van der Waals surface area contributed by atoms with E-state index in [-0.39, 0.29) is 25.9 Å². The zero-order chi connectivity index (χ0) is 57.5. The zero-order valence-corrected chi connectivity index (χ0v) is 50.6. The number of carbonyl (C=O) groups is 4. The van der Waals surface area contributed by atoms with E-state index < -0.39 is 67.3 Å². The van der Waals surface area contributed by atoms with Crippen LogP contribution in [0.4, 0.5) is 0 Å². The molecule has 1 heterocycles. The number of rotatable bonds is 56. The summed E-state index contributed by atoms with van der Waals surface area (Å²) in [5.74, 6) is -3.12. The fraction of sp³-hybridized carbons (Fsp3) is 0.821. The number of carboxylic acid groups (broad SMARTS) is 1. The number of allylic oxidation sites excluding steroid dienone is 8. The lowest BCUT2D eigenvalue weighted by molar-refractivity contribution is -0.301. The Bertz CT molecular complexity index is 1560. The number of hydrogen-bond donors (Lipinski definition) is 3. The molecule has 1 rings (SSSR count). The van der Waals surface area contributed by atoms with Crippen molar-refractivity contribution in [3.8, 4) is 0 Å². The van der Waals surface area contributed by atoms with Crippen molar-refractivity contribution < 1.29 is 58.2 Å². The third-order valence-electron chi connectivity index (χ3n) is 14.8. The maximum absolute atomic E-state index is 13.2. The molecular weight excluding hydrogens is 997 g/mol. The molecule has 1 aliphatic heterocycles. The van der Waals surface area contributed by atoms with Crippen LogP contribution in [-0.2, 0) is 42.9 Å². The highest BCUT2D eigenvalue weighted by Gasteiger charge is 2.50. The Balaban J connectivity index is 2.64. The smallest absolute Gasteiger partial charge is 0.335 e. The van der Waals surface area contributed by atoms with Gasteiger partial charge in [0.05, 0.1) is 6.61 Å². The number of ether oxygens (including phenoxy) is 5. The van der Waals surface area contributed by atoms with Crippen molar-refractivity contribution in [3.05, 3.63) is 48.6 Å². The van der Waals surface area contributed by atoms with Gasteiger partial charge in [-0.1, -0.05) is 230 Å². The second-order valence-corrected chi connectivity index (χ2v) is 22.4. The van der Waals surface area contributed by atoms with Gasteiger partial charge >= 0.3 is 23.9 Å². The predicted octanol–water partition coefficient (Wildman–Crippen LogP) is 17.3. The molecule has 12 nitrogen and oxygen atoms in total. The lowest BCUT2D eigenvalue weighted by atomic mass is 9.98. The summed E-state index contributed by atoms with van der Waals surface area (Å²) in [4.78, 5) is 51.3. The Kier molecular flexibility index (Phi) is 51.5. The number of esters is 3. The van der Waals surface area contributed by atoms with Crippen molar-refractivity contribution in [2.75, 3.05) is 13.2 Å². The van der Waals surface area contributed by atoms with Crippen LogP contribution in [0.2, 0.25) is 0 Å². The van der Waals surface area contributed by atoms with E-state index in [2.05, 4.69) is 69.4 Å². The van der Waals surface area contributed by atoms with Crippen LogP contribution in [0, 0.1) is 0 Å². The van der Waals surface area contributed by atoms with E-state index in [4.69, 9.17) is 23.7 Å². The summed E-state index contributed by atoms with van der Waals surface area (Å²) >= 11 is 0. The average molecular weight is 1120 g/mol. The summed E-state index contributed by atoms with van der Waals surface area (Å²) in [6.45, 7) is 5.97. The summed E-state index contributed by atoms with van der Waals surface area (Å²) in [5, 5.41) is 31.6. The summed E-state index contributed by atoms with van der Waals surface area (Å²) < 4.78 is 28.5. The predicted molar refractivity (Wildman–Crippen MR) is 322 cm³/mol. The minimum Gasteiger partial charge on any atom is -0.479 e. The van der Waals surface area contributed by atoms with Gasteiger partial charge in [0.2, 0.25) is 0 Å². The van der Waals surface area contributed by atoms with Crippen LogP contribution in [0.5, 0.6) is 0 Å². The highest BCUT2D eigenvalue weighted by atomic mass is 16.7. The van der Waals surface area contributed by atoms with Gasteiger partial charge in [0.25, 0.3) is 0 Å². The molecule has 0 aromatic heterocycles. The highest BCUT2D eigenvalue weighted by molar-refractivity contribution is 5.74. The number of hydrogen-bond acceptors (Lipinski definition) is 11. The SMILES string of the molecule is CCCCC/C=C\C/C=C\CCCCCCCCCC(=O)OCC(COC1OC(C(=O)O)C(O)C(O)C1OC(=O)CCCCCCCCCCC/C=C\CCCCCCCC)OC(=O)CCCCCCC/C=C\CCCCCC. The first-order valence-corrected chi connectivity index (χ1v) is 32.6. The standard InChI is InChI=1S/C67H118O12/c1-4-7-10-13-16-19-22-25-27-29-30-32-34-37-40-43-46-49-52-55-61(70)78-65-63(72)62(71)64(66(73)74)79-67(65)76-57-58(77-60(69)54-51-48-45-42-39-35-24-21-18-15-12-9-6-3)56-75-59(68)53-50-47-44-41-38-36-33-31-28-26-23-20-17-14-11-8-5-2/h17,20-21,24-28,58,62-65,67,71-72H,4-16,18-19,22-23,29-57H2,1-3H3,(H,73,74)/b20-17-,24-21-,27-25-,28-26-. The van der Waals surface area contributed by atoms with E-state index in [1.807, 2.05) is 0 Å². The molecule has 0 radical (unpaired) electrons. The van der Waals surface area contributed by atoms with Gasteiger partial charge < -0.3 is 39.0 Å². The van der Waals surface area contributed by atoms with Crippen LogP contribution in [0.1, 0.15) is 303 Å². The van der Waals surface area contributed by atoms with E-state index in [1.165, 1.54) is 135 Å². The topological polar surface area (TPSA) is 175 Å². The Labute approximate surface area is 482 Å². The highest BCUT2D eigenvalue weighted by Crippen LogP contribution is 2.27. The number of unbranched alkanes of at least 4 members (excludes halogenated alkanes) is 34. The first-order chi connectivity index (χ1) is 38.6. The van der Waals surface area contributed by atoms with Crippen molar-refractivity contribution in [2.24, 2.45) is 0 Å². The summed E-state index contributed by atoms with van der Waals surface area (Å²) in [6, 6.07) is 0. The van der Waals surface area contributed by atoms with Gasteiger partial charge in [-0.05, 0) is 103 Å². The van der Waals surface area contributed by atoms with Crippen LogP contribution >= 0.6 is 0 Å². The quantitative estimate of drug-likeness (QED) is 0.0228. The van der Waals surface area contributed by atoms with Crippen LogP contribution < -0.4 is 0 Å². The third kappa shape index (κ3) is 45.0. The van der Waals surface area contributed by atoms with Gasteiger partial charge in [0.15, 0.2) is 24.6 Å².